The van der Waals surface area contributed by atoms with Gasteiger partial charge in [0.2, 0.25) is 0 Å². The largest absolute Gasteiger partial charge is 0.400 e. The van der Waals surface area contributed by atoms with Crippen LogP contribution in [0.15, 0.2) is 461 Å². The number of fused-ring (bicyclic) bond motifs is 2. The van der Waals surface area contributed by atoms with Crippen LogP contribution in [0.25, 0.3) is 64.6 Å². The van der Waals surface area contributed by atoms with Crippen molar-refractivity contribution in [3.05, 3.63) is 506 Å². The van der Waals surface area contributed by atoms with Gasteiger partial charge in [-0.3, -0.25) is 9.59 Å². The molecule has 10 heteroatoms. The Morgan fingerprint density at radius 3 is 0.472 bits per heavy atom. The van der Waals surface area contributed by atoms with E-state index in [0.29, 0.717) is 10.8 Å². The van der Waals surface area contributed by atoms with E-state index in [1.807, 2.05) is 282 Å². The number of ketones is 2. The number of hydrogen-bond donors (Lipinski definition) is 8. The summed E-state index contributed by atoms with van der Waals surface area (Å²) in [6, 6.07) is 156. The summed E-state index contributed by atoms with van der Waals surface area (Å²) >= 11 is 0. The Kier molecular flexibility index (Phi) is 74.7. The average molecular weight is 1910 g/mol. The summed E-state index contributed by atoms with van der Waals surface area (Å²) in [5.74, 6) is 0.489. The highest BCUT2D eigenvalue weighted by atomic mass is 16.2. The van der Waals surface area contributed by atoms with Crippen molar-refractivity contribution in [2.45, 2.75) is 171 Å². The van der Waals surface area contributed by atoms with Crippen molar-refractivity contribution >= 4 is 76.2 Å². The van der Waals surface area contributed by atoms with Gasteiger partial charge in [-0.05, 0) is 149 Å². The lowest BCUT2D eigenvalue weighted by molar-refractivity contribution is 0.0913. The Labute approximate surface area is 854 Å². The molecule has 0 amide bonds. The first-order chi connectivity index (χ1) is 69.2. The van der Waals surface area contributed by atoms with E-state index in [4.69, 9.17) is 40.9 Å². The molecule has 0 heterocycles. The molecule has 0 atom stereocenters. The van der Waals surface area contributed by atoms with Crippen LogP contribution < -0.4 is 0 Å². The molecule has 10 nitrogen and oxygen atoms in total. The number of rotatable bonds is 0. The molecule has 18 aromatic rings. The van der Waals surface area contributed by atoms with Crippen LogP contribution in [0, 0.1) is 0 Å². The third-order valence-electron chi connectivity index (χ3n) is 20.8. The zero-order valence-corrected chi connectivity index (χ0v) is 89.5. The van der Waals surface area contributed by atoms with E-state index in [9.17, 15) is 9.59 Å². The molecule has 0 radical (unpaired) electrons. The second kappa shape index (κ2) is 81.3. The first-order valence-electron chi connectivity index (χ1n) is 48.8. The van der Waals surface area contributed by atoms with E-state index in [1.54, 1.807) is 0 Å². The number of Topliss-reactive ketones (excluding diaryl/α,β-unsaturated/α-hetero) is 2. The predicted octanol–water partition coefficient (Wildman–Crippen LogP) is 32.3. The van der Waals surface area contributed by atoms with Crippen molar-refractivity contribution in [1.82, 2.24) is 0 Å². The summed E-state index contributed by atoms with van der Waals surface area (Å²) in [5, 5.41) is 71.7. The van der Waals surface area contributed by atoms with Crippen LogP contribution in [0.3, 0.4) is 0 Å². The Morgan fingerprint density at radius 1 is 0.169 bits per heavy atom. The minimum atomic E-state index is -0.358. The maximum absolute atomic E-state index is 12.2. The fourth-order valence-corrected chi connectivity index (χ4v) is 15.0. The number of hydrogen-bond acceptors (Lipinski definition) is 10. The van der Waals surface area contributed by atoms with Crippen LogP contribution in [0.5, 0.6) is 0 Å². The minimum absolute atomic E-state index is 0.245. The summed E-state index contributed by atoms with van der Waals surface area (Å²) in [6.45, 7) is 34.4. The zero-order chi connectivity index (χ0) is 107. The third-order valence-corrected chi connectivity index (χ3v) is 20.8. The molecule has 4 aliphatic rings. The first-order valence-corrected chi connectivity index (χ1v) is 48.8. The first kappa shape index (κ1) is 131. The Bertz CT molecular complexity index is 5230. The monoisotopic (exact) mass is 1910 g/mol. The lowest BCUT2D eigenvalue weighted by Gasteiger charge is -2.18. The predicted molar refractivity (Wildman–Crippen MR) is 620 cm³/mol. The quantitative estimate of drug-likeness (QED) is 0.0724. The summed E-state index contributed by atoms with van der Waals surface area (Å²) < 4.78 is 0. The summed E-state index contributed by atoms with van der Waals surface area (Å²) in [5.41, 5.74) is 10.1. The van der Waals surface area contributed by atoms with Gasteiger partial charge in [-0.15, -0.1) is 0 Å². The summed E-state index contributed by atoms with van der Waals surface area (Å²) in [6.07, 6.45) is 7.37. The van der Waals surface area contributed by atoms with Crippen LogP contribution >= 0.6 is 0 Å². The van der Waals surface area contributed by atoms with E-state index in [2.05, 4.69) is 289 Å². The molecule has 0 bridgehead atoms. The molecule has 0 aliphatic heterocycles. The SMILES string of the molecule is CC1(C)C(=O)c2cccc3cccc1c23.CC1(C)C(=O)c2cccc3cccc1c23.CC1(C)Cc2cccc3cccc1c23.CC1(C)Cc2cccc3cccc1c23.CCC.CCC.CCC.CCC.CO.CO.CO.CO.CO.CO.CO.CO.c1ccc2ccccc2c1.c1ccc2ccccc2c1.c1ccccc1.c1ccccc1.c1ccccc1.c1ccccc1.c1ccccc1.c1ccccc1. The van der Waals surface area contributed by atoms with Crippen molar-refractivity contribution in [1.29, 1.82) is 0 Å². The van der Waals surface area contributed by atoms with Gasteiger partial charge >= 0.3 is 0 Å². The highest BCUT2D eigenvalue weighted by Crippen LogP contribution is 2.45. The highest BCUT2D eigenvalue weighted by Gasteiger charge is 2.40. The van der Waals surface area contributed by atoms with E-state index in [1.165, 1.54) is 126 Å². The zero-order valence-electron chi connectivity index (χ0n) is 89.5. The molecule has 142 heavy (non-hydrogen) atoms. The number of aliphatic hydroxyl groups excluding tert-OH is 8. The van der Waals surface area contributed by atoms with Crippen molar-refractivity contribution in [3.8, 4) is 0 Å². The molecule has 0 fully saturated rings. The molecule has 0 saturated heterocycles. The van der Waals surface area contributed by atoms with E-state index >= 15 is 0 Å². The smallest absolute Gasteiger partial charge is 0.173 e. The van der Waals surface area contributed by atoms with Crippen LogP contribution in [0.4, 0.5) is 0 Å². The fraction of sp³-hybridized carbons (Fsp3) is 0.258. The van der Waals surface area contributed by atoms with Gasteiger partial charge in [0.05, 0.1) is 10.8 Å². The van der Waals surface area contributed by atoms with E-state index < -0.39 is 0 Å². The molecule has 18 aromatic carbocycles. The average Bonchev–Trinajstić information content (AvgIpc) is 1.63. The molecule has 0 saturated carbocycles. The Balaban J connectivity index is 0. The van der Waals surface area contributed by atoms with Crippen molar-refractivity contribution in [2.75, 3.05) is 56.9 Å². The van der Waals surface area contributed by atoms with Gasteiger partial charge in [-0.2, -0.15) is 0 Å². The van der Waals surface area contributed by atoms with Gasteiger partial charge < -0.3 is 40.9 Å². The standard InChI is InChI=1S/2C14H12O.2C14H14.2C10H8.6C6H6.4C3H8.8CH4O/c2*1-14(2)11-8-4-6-9-5-3-7-10(12(9)11)13(14)15;2*1-14(2)9-11-7-3-5-10-6-4-8-12(14)13(10)11;2*1-2-6-10-8-4-3-7-9(10)5-1;6*1-2-4-6-5-3-1;4*1-3-2;8*1-2/h2*3-8H,1-2H3;2*3-8H,9H2,1-2H3;2*1-8H;6*1-6H;4*3H2,1-2H3;8*2H,1H3. The molecule has 0 aromatic heterocycles. The fourth-order valence-electron chi connectivity index (χ4n) is 15.0. The van der Waals surface area contributed by atoms with Crippen LogP contribution in [0.2, 0.25) is 0 Å². The van der Waals surface area contributed by atoms with Crippen molar-refractivity contribution < 1.29 is 50.4 Å². The summed E-state index contributed by atoms with van der Waals surface area (Å²) in [4.78, 5) is 24.4. The van der Waals surface area contributed by atoms with Crippen molar-refractivity contribution in [2.24, 2.45) is 0 Å². The lowest BCUT2D eigenvalue weighted by Crippen LogP contribution is -2.23. The molecule has 0 unspecified atom stereocenters. The van der Waals surface area contributed by atoms with Crippen molar-refractivity contribution in [3.63, 3.8) is 0 Å². The second-order valence-electron chi connectivity index (χ2n) is 33.5. The lowest BCUT2D eigenvalue weighted by atomic mass is 9.84. The maximum Gasteiger partial charge on any atom is 0.173 e. The summed E-state index contributed by atoms with van der Waals surface area (Å²) in [7, 11) is 8.00. The van der Waals surface area contributed by atoms with Gasteiger partial charge in [-0.1, -0.05) is 570 Å². The second-order valence-corrected chi connectivity index (χ2v) is 33.5. The number of benzene rings is 18. The van der Waals surface area contributed by atoms with Gasteiger partial charge in [0.25, 0.3) is 0 Å². The number of carbonyl (C=O) groups excluding carboxylic acids is 2. The molecule has 0 spiro atoms. The molecule has 4 aliphatic carbocycles. The van der Waals surface area contributed by atoms with E-state index in [0.717, 1.165) is 78.8 Å². The minimum Gasteiger partial charge on any atom is -0.400 e. The maximum atomic E-state index is 12.2. The molecular formula is C132H168O10. The van der Waals surface area contributed by atoms with Gasteiger partial charge in [0.1, 0.15) is 0 Å². The number of carbonyl (C=O) groups is 2. The Morgan fingerprint density at radius 2 is 0.303 bits per heavy atom. The topological polar surface area (TPSA) is 196 Å². The molecule has 8 N–H and O–H groups in total. The third kappa shape index (κ3) is 45.9. The van der Waals surface area contributed by atoms with Crippen LogP contribution in [-0.4, -0.2) is 109 Å². The van der Waals surface area contributed by atoms with E-state index in [-0.39, 0.29) is 22.4 Å². The normalized spacial score (nSPS) is 11.4. The molecule has 756 valence electrons. The van der Waals surface area contributed by atoms with Gasteiger partial charge in [0.15, 0.2) is 11.6 Å². The van der Waals surface area contributed by atoms with Crippen LogP contribution in [-0.2, 0) is 34.5 Å². The highest BCUT2D eigenvalue weighted by molar-refractivity contribution is 6.21. The van der Waals surface area contributed by atoms with Gasteiger partial charge in [0, 0.05) is 68.0 Å². The van der Waals surface area contributed by atoms with Crippen LogP contribution in [0.1, 0.15) is 191 Å². The van der Waals surface area contributed by atoms with Gasteiger partial charge in [-0.25, -0.2) is 0 Å². The Hall–Kier alpha value is -13.5. The molecular weight excluding hydrogens is 1750 g/mol. The number of aliphatic hydroxyl groups is 8. The molecule has 22 rings (SSSR count).